The Morgan fingerprint density at radius 1 is 1.67 bits per heavy atom. The van der Waals surface area contributed by atoms with Crippen LogP contribution in [-0.4, -0.2) is 17.2 Å². The lowest BCUT2D eigenvalue weighted by atomic mass is 9.86. The predicted octanol–water partition coefficient (Wildman–Crippen LogP) is 2.63. The van der Waals surface area contributed by atoms with Crippen molar-refractivity contribution < 1.29 is 9.53 Å². The molecule has 3 N–H and O–H groups in total. The highest BCUT2D eigenvalue weighted by atomic mass is 16.6. The molecule has 1 amide bonds. The van der Waals surface area contributed by atoms with Crippen LogP contribution in [0.1, 0.15) is 33.6 Å². The van der Waals surface area contributed by atoms with Gasteiger partial charge in [0, 0.05) is 12.1 Å². The maximum absolute atomic E-state index is 11.9. The minimum atomic E-state index is -0.525. The summed E-state index contributed by atoms with van der Waals surface area (Å²) in [6, 6.07) is 0. The van der Waals surface area contributed by atoms with Gasteiger partial charge in [-0.2, -0.15) is 0 Å². The minimum absolute atomic E-state index is 0.441. The van der Waals surface area contributed by atoms with E-state index >= 15 is 0 Å². The first-order chi connectivity index (χ1) is 8.26. The van der Waals surface area contributed by atoms with Crippen LogP contribution in [0.3, 0.4) is 0 Å². The second-order valence-electron chi connectivity index (χ2n) is 5.55. The molecule has 1 atom stereocenters. The summed E-state index contributed by atoms with van der Waals surface area (Å²) >= 11 is 0. The van der Waals surface area contributed by atoms with Crippen molar-refractivity contribution in [1.82, 2.24) is 5.32 Å². The van der Waals surface area contributed by atoms with Gasteiger partial charge in [-0.25, -0.2) is 4.79 Å². The molecular formula is C14H22N2O2. The standard InChI is InChI=1S/C14H22N2O2/c1-5-8-14(9-6-7-11(15)10-14)16-12(17)18-13(2,3)4/h5-7,9H,1,8,10,15H2,2-4H3,(H,16,17). The van der Waals surface area contributed by atoms with Crippen LogP contribution < -0.4 is 11.1 Å². The third kappa shape index (κ3) is 4.28. The highest BCUT2D eigenvalue weighted by molar-refractivity contribution is 5.69. The lowest BCUT2D eigenvalue weighted by Gasteiger charge is -2.33. The van der Waals surface area contributed by atoms with Crippen molar-refractivity contribution in [3.63, 3.8) is 0 Å². The fourth-order valence-corrected chi connectivity index (χ4v) is 1.88. The minimum Gasteiger partial charge on any atom is -0.444 e. The number of nitrogens with two attached hydrogens (primary N) is 1. The molecule has 0 radical (unpaired) electrons. The molecule has 1 unspecified atom stereocenters. The van der Waals surface area contributed by atoms with Crippen molar-refractivity contribution in [3.05, 3.63) is 36.6 Å². The van der Waals surface area contributed by atoms with Gasteiger partial charge in [0.05, 0.1) is 5.54 Å². The molecule has 0 spiro atoms. The van der Waals surface area contributed by atoms with Gasteiger partial charge >= 0.3 is 6.09 Å². The molecule has 1 aliphatic rings. The molecule has 0 fully saturated rings. The molecule has 4 nitrogen and oxygen atoms in total. The van der Waals surface area contributed by atoms with Crippen LogP contribution in [0.2, 0.25) is 0 Å². The summed E-state index contributed by atoms with van der Waals surface area (Å²) in [5.74, 6) is 0. The van der Waals surface area contributed by atoms with E-state index < -0.39 is 17.2 Å². The molecule has 18 heavy (non-hydrogen) atoms. The van der Waals surface area contributed by atoms with Crippen molar-refractivity contribution in [2.24, 2.45) is 5.73 Å². The molecule has 4 heteroatoms. The van der Waals surface area contributed by atoms with Crippen LogP contribution in [0.15, 0.2) is 36.6 Å². The Labute approximate surface area is 109 Å². The van der Waals surface area contributed by atoms with Crippen molar-refractivity contribution in [2.45, 2.75) is 44.8 Å². The Bertz CT molecular complexity index is 391. The van der Waals surface area contributed by atoms with E-state index in [4.69, 9.17) is 10.5 Å². The summed E-state index contributed by atoms with van der Waals surface area (Å²) in [6.45, 7) is 9.21. The lowest BCUT2D eigenvalue weighted by Crippen LogP contribution is -2.49. The fraction of sp³-hybridized carbons (Fsp3) is 0.500. The molecule has 0 aromatic heterocycles. The molecule has 1 aliphatic carbocycles. The van der Waals surface area contributed by atoms with Gasteiger partial charge in [-0.1, -0.05) is 18.2 Å². The maximum Gasteiger partial charge on any atom is 0.408 e. The Kier molecular flexibility index (Phi) is 4.22. The third-order valence-corrected chi connectivity index (χ3v) is 2.50. The number of ether oxygens (including phenoxy) is 1. The number of hydrogen-bond acceptors (Lipinski definition) is 3. The van der Waals surface area contributed by atoms with Crippen LogP contribution >= 0.6 is 0 Å². The second kappa shape index (κ2) is 5.29. The lowest BCUT2D eigenvalue weighted by molar-refractivity contribution is 0.0477. The molecule has 0 bridgehead atoms. The number of carbonyl (C=O) groups is 1. The number of hydrogen-bond donors (Lipinski definition) is 2. The normalized spacial score (nSPS) is 23.2. The van der Waals surface area contributed by atoms with E-state index in [0.29, 0.717) is 12.8 Å². The highest BCUT2D eigenvalue weighted by Crippen LogP contribution is 2.25. The van der Waals surface area contributed by atoms with Crippen LogP contribution in [-0.2, 0) is 4.74 Å². The molecule has 0 aliphatic heterocycles. The van der Waals surface area contributed by atoms with E-state index in [1.807, 2.05) is 39.0 Å². The summed E-state index contributed by atoms with van der Waals surface area (Å²) in [4.78, 5) is 11.9. The third-order valence-electron chi connectivity index (χ3n) is 2.50. The van der Waals surface area contributed by atoms with E-state index in [9.17, 15) is 4.79 Å². The van der Waals surface area contributed by atoms with E-state index in [0.717, 1.165) is 5.70 Å². The SMILES string of the molecule is C=CCC1(NC(=O)OC(C)(C)C)C=CC=C(N)C1. The Hall–Kier alpha value is -1.71. The van der Waals surface area contributed by atoms with Gasteiger partial charge in [-0.3, -0.25) is 0 Å². The van der Waals surface area contributed by atoms with Gasteiger partial charge in [-0.15, -0.1) is 6.58 Å². The van der Waals surface area contributed by atoms with Crippen LogP contribution in [0.25, 0.3) is 0 Å². The first-order valence-corrected chi connectivity index (χ1v) is 6.02. The van der Waals surface area contributed by atoms with Gasteiger partial charge in [0.1, 0.15) is 5.60 Å². The van der Waals surface area contributed by atoms with Crippen molar-refractivity contribution in [1.29, 1.82) is 0 Å². The molecule has 1 rings (SSSR count). The van der Waals surface area contributed by atoms with Crippen LogP contribution in [0, 0.1) is 0 Å². The monoisotopic (exact) mass is 250 g/mol. The van der Waals surface area contributed by atoms with Gasteiger partial charge < -0.3 is 15.8 Å². The molecule has 0 aromatic rings. The van der Waals surface area contributed by atoms with Gasteiger partial charge in [0.15, 0.2) is 0 Å². The number of alkyl carbamates (subject to hydrolysis) is 1. The predicted molar refractivity (Wildman–Crippen MR) is 72.9 cm³/mol. The summed E-state index contributed by atoms with van der Waals surface area (Å²) in [5, 5.41) is 2.88. The maximum atomic E-state index is 11.9. The van der Waals surface area contributed by atoms with Gasteiger partial charge in [0.25, 0.3) is 0 Å². The fourth-order valence-electron chi connectivity index (χ4n) is 1.88. The molecular weight excluding hydrogens is 228 g/mol. The van der Waals surface area contributed by atoms with Gasteiger partial charge in [0.2, 0.25) is 0 Å². The Morgan fingerprint density at radius 2 is 2.33 bits per heavy atom. The zero-order chi connectivity index (χ0) is 13.8. The average molecular weight is 250 g/mol. The Balaban J connectivity index is 2.76. The largest absolute Gasteiger partial charge is 0.444 e. The molecule has 0 aromatic carbocycles. The molecule has 0 saturated heterocycles. The first-order valence-electron chi connectivity index (χ1n) is 6.02. The smallest absolute Gasteiger partial charge is 0.408 e. The highest BCUT2D eigenvalue weighted by Gasteiger charge is 2.31. The van der Waals surface area contributed by atoms with Crippen molar-refractivity contribution >= 4 is 6.09 Å². The summed E-state index contributed by atoms with van der Waals surface area (Å²) < 4.78 is 5.27. The number of nitrogens with one attached hydrogen (secondary N) is 1. The van der Waals surface area contributed by atoms with Crippen molar-refractivity contribution in [3.8, 4) is 0 Å². The first kappa shape index (κ1) is 14.4. The number of allylic oxidation sites excluding steroid dienone is 2. The summed E-state index contributed by atoms with van der Waals surface area (Å²) in [6.07, 6.45) is 8.10. The zero-order valence-electron chi connectivity index (χ0n) is 11.3. The Morgan fingerprint density at radius 3 is 2.83 bits per heavy atom. The van der Waals surface area contributed by atoms with Crippen LogP contribution in [0.4, 0.5) is 4.79 Å². The van der Waals surface area contributed by atoms with Gasteiger partial charge in [-0.05, 0) is 33.3 Å². The zero-order valence-corrected chi connectivity index (χ0v) is 11.3. The molecule has 0 heterocycles. The van der Waals surface area contributed by atoms with E-state index in [-0.39, 0.29) is 0 Å². The van der Waals surface area contributed by atoms with E-state index in [2.05, 4.69) is 11.9 Å². The topological polar surface area (TPSA) is 64.3 Å². The molecule has 100 valence electrons. The number of carbonyl (C=O) groups excluding carboxylic acids is 1. The quantitative estimate of drug-likeness (QED) is 0.757. The molecule has 0 saturated carbocycles. The van der Waals surface area contributed by atoms with Crippen molar-refractivity contribution in [2.75, 3.05) is 0 Å². The number of amides is 1. The van der Waals surface area contributed by atoms with E-state index in [1.165, 1.54) is 0 Å². The average Bonchev–Trinajstić information content (AvgIpc) is 2.13. The van der Waals surface area contributed by atoms with E-state index in [1.54, 1.807) is 6.08 Å². The summed E-state index contributed by atoms with van der Waals surface area (Å²) in [7, 11) is 0. The second-order valence-corrected chi connectivity index (χ2v) is 5.55. The van der Waals surface area contributed by atoms with Crippen LogP contribution in [0.5, 0.6) is 0 Å². The number of rotatable bonds is 3. The summed E-state index contributed by atoms with van der Waals surface area (Å²) in [5.41, 5.74) is 5.52.